The fourth-order valence-electron chi connectivity index (χ4n) is 3.71. The van der Waals surface area contributed by atoms with Crippen LogP contribution in [0.4, 0.5) is 0 Å². The van der Waals surface area contributed by atoms with Crippen LogP contribution < -0.4 is 10.6 Å². The van der Waals surface area contributed by atoms with Crippen LogP contribution >= 0.6 is 11.3 Å². The predicted octanol–water partition coefficient (Wildman–Crippen LogP) is 2.85. The zero-order valence-corrected chi connectivity index (χ0v) is 19.9. The van der Waals surface area contributed by atoms with Crippen molar-refractivity contribution in [3.05, 3.63) is 57.8 Å². The fraction of sp³-hybridized carbons (Fsp3) is 0.542. The number of nitrogens with one attached hydrogen (secondary N) is 2. The number of hydrogen-bond donors (Lipinski definition) is 3. The lowest BCUT2D eigenvalue weighted by Gasteiger charge is -2.23. The minimum atomic E-state index is -0.922. The lowest BCUT2D eigenvalue weighted by atomic mass is 10.1. The summed E-state index contributed by atoms with van der Waals surface area (Å²) in [6.07, 6.45) is 1.24. The average Bonchev–Trinajstić information content (AvgIpc) is 3.24. The van der Waals surface area contributed by atoms with Gasteiger partial charge in [0.2, 0.25) is 0 Å². The maximum Gasteiger partial charge on any atom is 0.191 e. The van der Waals surface area contributed by atoms with Crippen molar-refractivity contribution >= 4 is 17.3 Å². The third-order valence-corrected chi connectivity index (χ3v) is 6.78. The van der Waals surface area contributed by atoms with Crippen molar-refractivity contribution < 1.29 is 5.11 Å². The standard InChI is InChI=1S/C24H37N5OS/c1-4-25-23(27-19-24(2,30)22-7-5-16-31-22)26-17-20-8-10-21(11-9-20)18-29-13-6-12-28(3)14-15-29/h5,7-11,16,30H,4,6,12-15,17-19H2,1-3H3,(H2,25,26,27). The van der Waals surface area contributed by atoms with Gasteiger partial charge in [0.15, 0.2) is 5.96 Å². The van der Waals surface area contributed by atoms with Gasteiger partial charge < -0.3 is 20.6 Å². The molecule has 1 aliphatic heterocycles. The van der Waals surface area contributed by atoms with Crippen LogP contribution in [0.15, 0.2) is 46.8 Å². The van der Waals surface area contributed by atoms with Gasteiger partial charge in [0.25, 0.3) is 0 Å². The number of nitrogens with zero attached hydrogens (tertiary/aromatic N) is 3. The molecule has 0 aliphatic carbocycles. The van der Waals surface area contributed by atoms with Crippen LogP contribution in [0.2, 0.25) is 0 Å². The quantitative estimate of drug-likeness (QED) is 0.433. The van der Waals surface area contributed by atoms with E-state index in [4.69, 9.17) is 4.99 Å². The van der Waals surface area contributed by atoms with Crippen molar-refractivity contribution in [2.45, 2.75) is 39.0 Å². The highest BCUT2D eigenvalue weighted by molar-refractivity contribution is 7.10. The maximum absolute atomic E-state index is 10.7. The van der Waals surface area contributed by atoms with Gasteiger partial charge >= 0.3 is 0 Å². The van der Waals surface area contributed by atoms with E-state index in [1.165, 1.54) is 30.6 Å². The monoisotopic (exact) mass is 443 g/mol. The summed E-state index contributed by atoms with van der Waals surface area (Å²) >= 11 is 1.56. The van der Waals surface area contributed by atoms with Gasteiger partial charge in [-0.15, -0.1) is 11.3 Å². The highest BCUT2D eigenvalue weighted by Crippen LogP contribution is 2.24. The van der Waals surface area contributed by atoms with Gasteiger partial charge in [-0.25, -0.2) is 4.99 Å². The van der Waals surface area contributed by atoms with Gasteiger partial charge in [0.1, 0.15) is 5.60 Å². The Hall–Kier alpha value is -1.93. The molecule has 6 nitrogen and oxygen atoms in total. The SMILES string of the molecule is CCNC(=NCc1ccc(CN2CCCN(C)CC2)cc1)NCC(C)(O)c1cccs1. The Labute approximate surface area is 191 Å². The van der Waals surface area contributed by atoms with Crippen LogP contribution in [0, 0.1) is 0 Å². The minimum absolute atomic E-state index is 0.406. The van der Waals surface area contributed by atoms with E-state index in [0.29, 0.717) is 13.1 Å². The molecule has 3 N–H and O–H groups in total. The van der Waals surface area contributed by atoms with E-state index in [-0.39, 0.29) is 0 Å². The maximum atomic E-state index is 10.7. The Morgan fingerprint density at radius 1 is 1.10 bits per heavy atom. The number of guanidine groups is 1. The third kappa shape index (κ3) is 7.61. The number of aliphatic imine (C=N–C) groups is 1. The van der Waals surface area contributed by atoms with Crippen molar-refractivity contribution in [3.8, 4) is 0 Å². The second-order valence-corrected chi connectivity index (χ2v) is 9.50. The Morgan fingerprint density at radius 2 is 1.87 bits per heavy atom. The number of hydrogen-bond acceptors (Lipinski definition) is 5. The van der Waals surface area contributed by atoms with Crippen LogP contribution in [-0.4, -0.2) is 67.2 Å². The predicted molar refractivity (Wildman–Crippen MR) is 131 cm³/mol. The molecule has 170 valence electrons. The van der Waals surface area contributed by atoms with Crippen molar-refractivity contribution in [1.82, 2.24) is 20.4 Å². The molecule has 1 saturated heterocycles. The number of aliphatic hydroxyl groups is 1. The second kappa shape index (κ2) is 11.6. The molecule has 0 amide bonds. The van der Waals surface area contributed by atoms with E-state index in [9.17, 15) is 5.11 Å². The molecule has 1 aromatic carbocycles. The van der Waals surface area contributed by atoms with Crippen LogP contribution in [0.25, 0.3) is 0 Å². The topological polar surface area (TPSA) is 63.1 Å². The Balaban J connectivity index is 1.53. The second-order valence-electron chi connectivity index (χ2n) is 8.55. The molecule has 1 atom stereocenters. The first-order valence-electron chi connectivity index (χ1n) is 11.2. The molecule has 7 heteroatoms. The van der Waals surface area contributed by atoms with Crippen LogP contribution in [-0.2, 0) is 18.7 Å². The van der Waals surface area contributed by atoms with Crippen molar-refractivity contribution in [1.29, 1.82) is 0 Å². The summed E-state index contributed by atoms with van der Waals surface area (Å²) in [6, 6.07) is 12.7. The molecular formula is C24H37N5OS. The van der Waals surface area contributed by atoms with E-state index in [1.807, 2.05) is 31.4 Å². The molecular weight excluding hydrogens is 406 g/mol. The van der Waals surface area contributed by atoms with E-state index < -0.39 is 5.60 Å². The third-order valence-electron chi connectivity index (χ3n) is 5.66. The Morgan fingerprint density at radius 3 is 2.58 bits per heavy atom. The molecule has 3 rings (SSSR count). The van der Waals surface area contributed by atoms with E-state index >= 15 is 0 Å². The first kappa shape index (κ1) is 23.7. The highest BCUT2D eigenvalue weighted by atomic mass is 32.1. The van der Waals surface area contributed by atoms with Crippen molar-refractivity contribution in [2.24, 2.45) is 4.99 Å². The molecule has 2 aromatic rings. The van der Waals surface area contributed by atoms with Crippen LogP contribution in [0.5, 0.6) is 0 Å². The molecule has 31 heavy (non-hydrogen) atoms. The summed E-state index contributed by atoms with van der Waals surface area (Å²) in [5, 5.41) is 19.3. The molecule has 1 aromatic heterocycles. The van der Waals surface area contributed by atoms with E-state index in [1.54, 1.807) is 11.3 Å². The smallest absolute Gasteiger partial charge is 0.191 e. The number of benzene rings is 1. The lowest BCUT2D eigenvalue weighted by Crippen LogP contribution is -2.44. The van der Waals surface area contributed by atoms with Crippen LogP contribution in [0.1, 0.15) is 36.3 Å². The van der Waals surface area contributed by atoms with Gasteiger partial charge in [0, 0.05) is 31.1 Å². The number of thiophene rings is 1. The molecule has 0 saturated carbocycles. The van der Waals surface area contributed by atoms with E-state index in [2.05, 4.69) is 51.7 Å². The summed E-state index contributed by atoms with van der Waals surface area (Å²) < 4.78 is 0. The van der Waals surface area contributed by atoms with Gasteiger partial charge in [-0.2, -0.15) is 0 Å². The summed E-state index contributed by atoms with van der Waals surface area (Å²) in [4.78, 5) is 10.6. The average molecular weight is 444 g/mol. The Kier molecular flexibility index (Phi) is 8.90. The summed E-state index contributed by atoms with van der Waals surface area (Å²) in [7, 11) is 2.21. The first-order chi connectivity index (χ1) is 15.0. The Bertz CT molecular complexity index is 804. The van der Waals surface area contributed by atoms with Crippen LogP contribution in [0.3, 0.4) is 0 Å². The molecule has 1 unspecified atom stereocenters. The summed E-state index contributed by atoms with van der Waals surface area (Å²) in [5.74, 6) is 0.720. The molecule has 1 fully saturated rings. The largest absolute Gasteiger partial charge is 0.383 e. The van der Waals surface area contributed by atoms with Gasteiger partial charge in [-0.1, -0.05) is 30.3 Å². The van der Waals surface area contributed by atoms with Gasteiger partial charge in [-0.05, 0) is 63.0 Å². The molecule has 2 heterocycles. The summed E-state index contributed by atoms with van der Waals surface area (Å²) in [5.41, 5.74) is 1.62. The number of likely N-dealkylation sites (N-methyl/N-ethyl adjacent to an activating group) is 1. The molecule has 0 bridgehead atoms. The number of rotatable bonds is 8. The van der Waals surface area contributed by atoms with Crippen molar-refractivity contribution in [2.75, 3.05) is 46.3 Å². The van der Waals surface area contributed by atoms with Crippen molar-refractivity contribution in [3.63, 3.8) is 0 Å². The summed E-state index contributed by atoms with van der Waals surface area (Å²) in [6.45, 7) is 11.3. The molecule has 0 radical (unpaired) electrons. The zero-order valence-electron chi connectivity index (χ0n) is 19.1. The first-order valence-corrected chi connectivity index (χ1v) is 12.1. The molecule has 0 spiro atoms. The zero-order chi connectivity index (χ0) is 22.1. The molecule has 1 aliphatic rings. The fourth-order valence-corrected chi connectivity index (χ4v) is 4.49. The lowest BCUT2D eigenvalue weighted by molar-refractivity contribution is 0.0655. The van der Waals surface area contributed by atoms with Gasteiger partial charge in [-0.3, -0.25) is 4.90 Å². The normalized spacial score (nSPS) is 18.4. The van der Waals surface area contributed by atoms with Gasteiger partial charge in [0.05, 0.1) is 13.1 Å². The van der Waals surface area contributed by atoms with E-state index in [0.717, 1.165) is 37.0 Å². The minimum Gasteiger partial charge on any atom is -0.383 e. The highest BCUT2D eigenvalue weighted by Gasteiger charge is 2.24.